The Labute approximate surface area is 318 Å². The summed E-state index contributed by atoms with van der Waals surface area (Å²) in [5, 5.41) is 0. The molecule has 53 heavy (non-hydrogen) atoms. The maximum Gasteiger partial charge on any atom is 0.0414 e. The summed E-state index contributed by atoms with van der Waals surface area (Å²) in [7, 11) is 2.19. The smallest absolute Gasteiger partial charge is 0.0414 e. The molecule has 0 saturated carbocycles. The van der Waals surface area contributed by atoms with Crippen LogP contribution in [-0.2, 0) is 18.3 Å². The second-order valence-electron chi connectivity index (χ2n) is 15.9. The minimum absolute atomic E-state index is 0.0369. The van der Waals surface area contributed by atoms with Crippen molar-refractivity contribution >= 4 is 11.4 Å². The first-order valence-corrected chi connectivity index (χ1v) is 20.4. The van der Waals surface area contributed by atoms with Crippen molar-refractivity contribution < 1.29 is 0 Å². The molecular formula is C52H55N. The number of benzene rings is 6. The van der Waals surface area contributed by atoms with Gasteiger partial charge in [0.1, 0.15) is 0 Å². The van der Waals surface area contributed by atoms with E-state index in [0.717, 1.165) is 0 Å². The molecule has 6 aromatic rings. The van der Waals surface area contributed by atoms with Crippen molar-refractivity contribution in [2.45, 2.75) is 96.8 Å². The Kier molecular flexibility index (Phi) is 10.1. The minimum atomic E-state index is 0.0369. The zero-order valence-electron chi connectivity index (χ0n) is 32.3. The lowest BCUT2D eigenvalue weighted by molar-refractivity contribution is 0.403. The number of anilines is 2. The predicted octanol–water partition coefficient (Wildman–Crippen LogP) is 14.7. The highest BCUT2D eigenvalue weighted by Gasteiger charge is 2.42. The molecule has 2 aliphatic carbocycles. The van der Waals surface area contributed by atoms with E-state index in [0.29, 0.717) is 0 Å². The molecule has 0 saturated heterocycles. The van der Waals surface area contributed by atoms with Crippen molar-refractivity contribution in [2.75, 3.05) is 11.9 Å². The maximum atomic E-state index is 2.57. The quantitative estimate of drug-likeness (QED) is 0.103. The number of hydrogen-bond acceptors (Lipinski definition) is 1. The molecule has 0 spiro atoms. The third-order valence-corrected chi connectivity index (χ3v) is 12.4. The molecule has 0 fully saturated rings. The maximum absolute atomic E-state index is 2.57. The zero-order chi connectivity index (χ0) is 36.4. The average Bonchev–Trinajstić information content (AvgIpc) is 3.45. The lowest BCUT2D eigenvalue weighted by atomic mass is 9.70. The van der Waals surface area contributed by atoms with Crippen LogP contribution in [0.4, 0.5) is 11.4 Å². The molecule has 0 aromatic heterocycles. The number of fused-ring (bicyclic) bond motifs is 4. The van der Waals surface area contributed by atoms with E-state index in [1.54, 1.807) is 11.1 Å². The summed E-state index contributed by atoms with van der Waals surface area (Å²) < 4.78 is 0. The Bertz CT molecular complexity index is 2200. The Morgan fingerprint density at radius 1 is 0.472 bits per heavy atom. The van der Waals surface area contributed by atoms with E-state index in [2.05, 4.69) is 160 Å². The molecule has 8 rings (SSSR count). The number of nitrogens with zero attached hydrogens (tertiary/aromatic N) is 1. The van der Waals surface area contributed by atoms with Crippen LogP contribution in [0.15, 0.2) is 127 Å². The van der Waals surface area contributed by atoms with Crippen LogP contribution in [0, 0.1) is 6.92 Å². The third-order valence-electron chi connectivity index (χ3n) is 12.4. The number of rotatable bonds is 14. The molecule has 268 valence electrons. The van der Waals surface area contributed by atoms with E-state index in [1.165, 1.54) is 143 Å². The first-order valence-electron chi connectivity index (χ1n) is 20.4. The van der Waals surface area contributed by atoms with E-state index in [9.17, 15) is 0 Å². The topological polar surface area (TPSA) is 3.24 Å². The van der Waals surface area contributed by atoms with Gasteiger partial charge in [0.15, 0.2) is 0 Å². The van der Waals surface area contributed by atoms with Gasteiger partial charge in [-0.05, 0) is 136 Å². The number of aryl methyl sites for hydroxylation is 3. The number of hydrogen-bond donors (Lipinski definition) is 0. The van der Waals surface area contributed by atoms with Gasteiger partial charge in [-0.15, -0.1) is 0 Å². The van der Waals surface area contributed by atoms with Crippen molar-refractivity contribution in [3.63, 3.8) is 0 Å². The molecule has 1 atom stereocenters. The van der Waals surface area contributed by atoms with Crippen LogP contribution in [0.5, 0.6) is 0 Å². The van der Waals surface area contributed by atoms with Crippen molar-refractivity contribution in [2.24, 2.45) is 0 Å². The summed E-state index contributed by atoms with van der Waals surface area (Å²) in [5.74, 6) is 0. The van der Waals surface area contributed by atoms with Crippen molar-refractivity contribution in [3.8, 4) is 44.5 Å². The van der Waals surface area contributed by atoms with E-state index in [1.807, 2.05) is 0 Å². The van der Waals surface area contributed by atoms with Gasteiger partial charge in [0.05, 0.1) is 0 Å². The van der Waals surface area contributed by atoms with Crippen LogP contribution >= 0.6 is 0 Å². The highest BCUT2D eigenvalue weighted by atomic mass is 15.1. The van der Waals surface area contributed by atoms with Crippen LogP contribution in [0.3, 0.4) is 0 Å². The standard InChI is InChI=1S/C52H55N/c1-5-7-9-11-32-52(31-10-8-6-2)50-35-44(38-17-15-37(3)16-18-38)25-29-48(50)49-30-26-45(36-51(49)52)40-23-27-46(28-24-40)53(4)47-14-12-13-41(34-47)43-22-20-39-19-21-42(39)33-43/h12-18,20,22-30,33-36H,5-11,19,21,31-32H2,1-4H3. The highest BCUT2D eigenvalue weighted by molar-refractivity contribution is 5.86. The summed E-state index contributed by atoms with van der Waals surface area (Å²) >= 11 is 0. The van der Waals surface area contributed by atoms with Crippen molar-refractivity contribution in [1.29, 1.82) is 0 Å². The first kappa shape index (κ1) is 35.2. The molecular weight excluding hydrogens is 639 g/mol. The second-order valence-corrected chi connectivity index (χ2v) is 15.9. The van der Waals surface area contributed by atoms with Gasteiger partial charge < -0.3 is 4.90 Å². The molecule has 1 nitrogen and oxygen atoms in total. The summed E-state index contributed by atoms with van der Waals surface area (Å²) in [4.78, 5) is 2.31. The largest absolute Gasteiger partial charge is 0.345 e. The van der Waals surface area contributed by atoms with Crippen LogP contribution < -0.4 is 4.90 Å². The Balaban J connectivity index is 1.12. The van der Waals surface area contributed by atoms with Crippen LogP contribution in [0.25, 0.3) is 44.5 Å². The van der Waals surface area contributed by atoms with Crippen LogP contribution in [0.2, 0.25) is 0 Å². The SMILES string of the molecule is CCCCCCC1(CCCCC)c2cc(-c3ccc(C)cc3)ccc2-c2ccc(-c3ccc(N(C)c4cccc(-c5ccc6c(c5)CC6)c4)cc3)cc21. The molecule has 0 bridgehead atoms. The highest BCUT2D eigenvalue weighted by Crippen LogP contribution is 2.56. The second kappa shape index (κ2) is 15.2. The van der Waals surface area contributed by atoms with Gasteiger partial charge in [0.2, 0.25) is 0 Å². The molecule has 1 unspecified atom stereocenters. The first-order chi connectivity index (χ1) is 26.0. The summed E-state index contributed by atoms with van der Waals surface area (Å²) in [6.07, 6.45) is 13.8. The summed E-state index contributed by atoms with van der Waals surface area (Å²) in [5.41, 5.74) is 20.6. The lowest BCUT2D eigenvalue weighted by Gasteiger charge is -2.33. The molecule has 0 amide bonds. The fraction of sp³-hybridized carbons (Fsp3) is 0.308. The average molecular weight is 694 g/mol. The Hall–Kier alpha value is -4.88. The molecule has 2 aliphatic rings. The van der Waals surface area contributed by atoms with Crippen LogP contribution in [-0.4, -0.2) is 7.05 Å². The lowest BCUT2D eigenvalue weighted by Crippen LogP contribution is -2.25. The number of unbranched alkanes of at least 4 members (excludes halogenated alkanes) is 5. The van der Waals surface area contributed by atoms with E-state index >= 15 is 0 Å². The molecule has 6 aromatic carbocycles. The normalized spacial score (nSPS) is 15.4. The Morgan fingerprint density at radius 3 is 1.60 bits per heavy atom. The summed E-state index contributed by atoms with van der Waals surface area (Å²) in [6.45, 7) is 6.84. The van der Waals surface area contributed by atoms with Gasteiger partial charge in [-0.3, -0.25) is 0 Å². The van der Waals surface area contributed by atoms with Gasteiger partial charge in [0, 0.05) is 23.8 Å². The molecule has 0 radical (unpaired) electrons. The molecule has 1 heteroatoms. The van der Waals surface area contributed by atoms with Crippen LogP contribution in [0.1, 0.15) is 99.5 Å². The molecule has 0 N–H and O–H groups in total. The minimum Gasteiger partial charge on any atom is -0.345 e. The van der Waals surface area contributed by atoms with Gasteiger partial charge in [-0.2, -0.15) is 0 Å². The monoisotopic (exact) mass is 693 g/mol. The van der Waals surface area contributed by atoms with E-state index in [4.69, 9.17) is 0 Å². The zero-order valence-corrected chi connectivity index (χ0v) is 32.3. The van der Waals surface area contributed by atoms with Crippen molar-refractivity contribution in [1.82, 2.24) is 0 Å². The third kappa shape index (κ3) is 6.88. The van der Waals surface area contributed by atoms with Gasteiger partial charge >= 0.3 is 0 Å². The molecule has 0 heterocycles. The van der Waals surface area contributed by atoms with Gasteiger partial charge in [-0.25, -0.2) is 0 Å². The fourth-order valence-electron chi connectivity index (χ4n) is 9.09. The van der Waals surface area contributed by atoms with E-state index < -0.39 is 0 Å². The van der Waals surface area contributed by atoms with Gasteiger partial charge in [-0.1, -0.05) is 155 Å². The predicted molar refractivity (Wildman–Crippen MR) is 229 cm³/mol. The van der Waals surface area contributed by atoms with Crippen molar-refractivity contribution in [3.05, 3.63) is 155 Å². The molecule has 0 aliphatic heterocycles. The van der Waals surface area contributed by atoms with E-state index in [-0.39, 0.29) is 5.41 Å². The van der Waals surface area contributed by atoms with Gasteiger partial charge in [0.25, 0.3) is 0 Å². The fourth-order valence-corrected chi connectivity index (χ4v) is 9.09. The Morgan fingerprint density at radius 2 is 1.00 bits per heavy atom. The summed E-state index contributed by atoms with van der Waals surface area (Å²) in [6, 6.07) is 49.0.